The first-order chi connectivity index (χ1) is 9.26. The molecule has 0 aliphatic carbocycles. The Labute approximate surface area is 131 Å². The molecule has 0 aromatic heterocycles. The molecule has 0 radical (unpaired) electrons. The maximum absolute atomic E-state index is 11.8. The summed E-state index contributed by atoms with van der Waals surface area (Å²) in [6, 6.07) is 7.85. The summed E-state index contributed by atoms with van der Waals surface area (Å²) in [5.41, 5.74) is -0.157. The molecule has 0 aliphatic rings. The number of quaternary nitrogens is 1. The van der Waals surface area contributed by atoms with Gasteiger partial charge in [0, 0.05) is 21.2 Å². The minimum absolute atomic E-state index is 0.103. The van der Waals surface area contributed by atoms with Gasteiger partial charge in [-0.3, -0.25) is 4.79 Å². The van der Waals surface area contributed by atoms with Crippen LogP contribution in [0.25, 0.3) is 0 Å². The third-order valence-electron chi connectivity index (χ3n) is 2.59. The van der Waals surface area contributed by atoms with Gasteiger partial charge in [0.2, 0.25) is 0 Å². The maximum Gasteiger partial charge on any atom is 0.275 e. The fourth-order valence-corrected chi connectivity index (χ4v) is 2.84. The van der Waals surface area contributed by atoms with Crippen LogP contribution in [0.3, 0.4) is 0 Å². The lowest BCUT2D eigenvalue weighted by atomic mass is 10.1. The molecule has 112 valence electrons. The monoisotopic (exact) mass is 315 g/mol. The Bertz CT molecular complexity index is 428. The Morgan fingerprint density at radius 2 is 1.90 bits per heavy atom. The molecule has 0 spiro atoms. The van der Waals surface area contributed by atoms with Crippen LogP contribution in [-0.2, 0) is 4.79 Å². The van der Waals surface area contributed by atoms with Crippen molar-refractivity contribution in [2.24, 2.45) is 0 Å². The zero-order valence-electron chi connectivity index (χ0n) is 12.6. The van der Waals surface area contributed by atoms with Gasteiger partial charge in [0.1, 0.15) is 0 Å². The van der Waals surface area contributed by atoms with E-state index < -0.39 is 0 Å². The minimum atomic E-state index is -0.157. The van der Waals surface area contributed by atoms with Crippen LogP contribution >= 0.6 is 23.4 Å². The summed E-state index contributed by atoms with van der Waals surface area (Å²) in [5.74, 6) is 1.09. The summed E-state index contributed by atoms with van der Waals surface area (Å²) in [7, 11) is 2.05. The fraction of sp³-hybridized carbons (Fsp3) is 0.533. The molecule has 20 heavy (non-hydrogen) atoms. The SMILES string of the molecule is C[NH+](CCSc1ccc(Cl)cc1)CC(=O)NC(C)(C)C. The fourth-order valence-electron chi connectivity index (χ4n) is 1.70. The van der Waals surface area contributed by atoms with E-state index in [1.54, 1.807) is 11.8 Å². The van der Waals surface area contributed by atoms with Gasteiger partial charge in [-0.15, -0.1) is 11.8 Å². The molecule has 0 fully saturated rings. The average molecular weight is 316 g/mol. The van der Waals surface area contributed by atoms with Gasteiger partial charge in [0.15, 0.2) is 6.54 Å². The molecule has 2 N–H and O–H groups in total. The minimum Gasteiger partial charge on any atom is -0.347 e. The van der Waals surface area contributed by atoms with Gasteiger partial charge in [-0.05, 0) is 45.0 Å². The normalized spacial score (nSPS) is 13.1. The lowest BCUT2D eigenvalue weighted by Gasteiger charge is -2.21. The van der Waals surface area contributed by atoms with Gasteiger partial charge in [0.05, 0.1) is 13.6 Å². The number of likely N-dealkylation sites (N-methyl/N-ethyl adjacent to an activating group) is 1. The second-order valence-corrected chi connectivity index (χ2v) is 7.59. The van der Waals surface area contributed by atoms with Gasteiger partial charge in [0.25, 0.3) is 5.91 Å². The lowest BCUT2D eigenvalue weighted by Crippen LogP contribution is -3.10. The predicted octanol–water partition coefficient (Wildman–Crippen LogP) is 1.86. The van der Waals surface area contributed by atoms with Crippen LogP contribution in [0.5, 0.6) is 0 Å². The quantitative estimate of drug-likeness (QED) is 0.786. The summed E-state index contributed by atoms with van der Waals surface area (Å²) in [4.78, 5) is 14.2. The molecule has 1 rings (SSSR count). The zero-order valence-corrected chi connectivity index (χ0v) is 14.2. The second-order valence-electron chi connectivity index (χ2n) is 5.98. The van der Waals surface area contributed by atoms with E-state index in [1.807, 2.05) is 52.1 Å². The standard InChI is InChI=1S/C15H23ClN2OS/c1-15(2,3)17-14(19)11-18(4)9-10-20-13-7-5-12(16)6-8-13/h5-8H,9-11H2,1-4H3,(H,17,19)/p+1. The highest BCUT2D eigenvalue weighted by Crippen LogP contribution is 2.19. The summed E-state index contributed by atoms with van der Waals surface area (Å²) < 4.78 is 0. The summed E-state index contributed by atoms with van der Waals surface area (Å²) in [6.07, 6.45) is 0. The van der Waals surface area contributed by atoms with Crippen molar-refractivity contribution < 1.29 is 9.69 Å². The van der Waals surface area contributed by atoms with Crippen LogP contribution in [0, 0.1) is 0 Å². The molecule has 3 nitrogen and oxygen atoms in total. The molecule has 1 unspecified atom stereocenters. The van der Waals surface area contributed by atoms with Crippen LogP contribution in [0.1, 0.15) is 20.8 Å². The zero-order chi connectivity index (χ0) is 15.2. The third-order valence-corrected chi connectivity index (χ3v) is 3.85. The van der Waals surface area contributed by atoms with E-state index in [0.717, 1.165) is 17.3 Å². The first-order valence-electron chi connectivity index (χ1n) is 6.77. The molecule has 0 saturated heterocycles. The maximum atomic E-state index is 11.8. The van der Waals surface area contributed by atoms with Crippen molar-refractivity contribution in [2.75, 3.05) is 25.9 Å². The van der Waals surface area contributed by atoms with Gasteiger partial charge < -0.3 is 10.2 Å². The number of halogens is 1. The Hall–Kier alpha value is -0.710. The van der Waals surface area contributed by atoms with E-state index >= 15 is 0 Å². The third kappa shape index (κ3) is 7.78. The number of nitrogens with one attached hydrogen (secondary N) is 2. The van der Waals surface area contributed by atoms with Gasteiger partial charge >= 0.3 is 0 Å². The van der Waals surface area contributed by atoms with Crippen molar-refractivity contribution in [1.29, 1.82) is 0 Å². The van der Waals surface area contributed by atoms with Gasteiger partial charge in [-0.25, -0.2) is 0 Å². The van der Waals surface area contributed by atoms with Crippen molar-refractivity contribution in [1.82, 2.24) is 5.32 Å². The van der Waals surface area contributed by atoms with Gasteiger partial charge in [-0.2, -0.15) is 0 Å². The van der Waals surface area contributed by atoms with Crippen LogP contribution in [-0.4, -0.2) is 37.3 Å². The van der Waals surface area contributed by atoms with Crippen LogP contribution in [0.15, 0.2) is 29.2 Å². The van der Waals surface area contributed by atoms with Crippen molar-refractivity contribution in [3.63, 3.8) is 0 Å². The molecule has 1 atom stereocenters. The van der Waals surface area contributed by atoms with E-state index in [4.69, 9.17) is 11.6 Å². The molecule has 1 amide bonds. The van der Waals surface area contributed by atoms with Gasteiger partial charge in [-0.1, -0.05) is 11.6 Å². The van der Waals surface area contributed by atoms with Crippen LogP contribution < -0.4 is 10.2 Å². The van der Waals surface area contributed by atoms with E-state index in [9.17, 15) is 4.79 Å². The molecule has 1 aromatic carbocycles. The van der Waals surface area contributed by atoms with E-state index in [0.29, 0.717) is 6.54 Å². The molecule has 0 aliphatic heterocycles. The number of hydrogen-bond acceptors (Lipinski definition) is 2. The number of rotatable bonds is 6. The van der Waals surface area contributed by atoms with E-state index in [2.05, 4.69) is 5.32 Å². The Kier molecular flexibility index (Phi) is 6.86. The first-order valence-corrected chi connectivity index (χ1v) is 8.13. The van der Waals surface area contributed by atoms with Crippen LogP contribution in [0.4, 0.5) is 0 Å². The van der Waals surface area contributed by atoms with Crippen molar-refractivity contribution in [2.45, 2.75) is 31.2 Å². The Balaban J connectivity index is 2.24. The Morgan fingerprint density at radius 3 is 2.45 bits per heavy atom. The molecule has 0 bridgehead atoms. The highest BCUT2D eigenvalue weighted by Gasteiger charge is 2.16. The summed E-state index contributed by atoms with van der Waals surface area (Å²) in [6.45, 7) is 7.45. The Morgan fingerprint density at radius 1 is 1.30 bits per heavy atom. The van der Waals surface area contributed by atoms with Crippen molar-refractivity contribution in [3.05, 3.63) is 29.3 Å². The molecular weight excluding hydrogens is 292 g/mol. The number of carbonyl (C=O) groups excluding carboxylic acids is 1. The lowest BCUT2D eigenvalue weighted by molar-refractivity contribution is -0.868. The topological polar surface area (TPSA) is 33.5 Å². The second kappa shape index (κ2) is 7.91. The highest BCUT2D eigenvalue weighted by molar-refractivity contribution is 7.99. The summed E-state index contributed by atoms with van der Waals surface area (Å²) >= 11 is 7.63. The predicted molar refractivity (Wildman–Crippen MR) is 86.7 cm³/mol. The number of benzene rings is 1. The number of thioether (sulfide) groups is 1. The van der Waals surface area contributed by atoms with E-state index in [-0.39, 0.29) is 11.4 Å². The molecule has 0 heterocycles. The smallest absolute Gasteiger partial charge is 0.275 e. The number of hydrogen-bond donors (Lipinski definition) is 2. The van der Waals surface area contributed by atoms with E-state index in [1.165, 1.54) is 9.80 Å². The average Bonchev–Trinajstić information content (AvgIpc) is 2.29. The number of carbonyl (C=O) groups is 1. The number of amides is 1. The van der Waals surface area contributed by atoms with Crippen LogP contribution in [0.2, 0.25) is 5.02 Å². The van der Waals surface area contributed by atoms with Crippen molar-refractivity contribution >= 4 is 29.3 Å². The van der Waals surface area contributed by atoms with Crippen molar-refractivity contribution in [3.8, 4) is 0 Å². The molecular formula is C15H24ClN2OS+. The molecule has 1 aromatic rings. The first kappa shape index (κ1) is 17.3. The highest BCUT2D eigenvalue weighted by atomic mass is 35.5. The summed E-state index contributed by atoms with van der Waals surface area (Å²) in [5, 5.41) is 3.74. The largest absolute Gasteiger partial charge is 0.347 e. The molecule has 5 heteroatoms. The molecule has 0 saturated carbocycles.